The highest BCUT2D eigenvalue weighted by Gasteiger charge is 2.54. The van der Waals surface area contributed by atoms with E-state index in [0.717, 1.165) is 11.8 Å². The third kappa shape index (κ3) is 1.87. The quantitative estimate of drug-likeness (QED) is 0.712. The average molecular weight is 246 g/mol. The topological polar surface area (TPSA) is 35.5 Å². The van der Waals surface area contributed by atoms with Gasteiger partial charge >= 0.3 is 7.60 Å². The van der Waals surface area contributed by atoms with Crippen molar-refractivity contribution < 1.29 is 13.6 Å². The second kappa shape index (κ2) is 4.12. The first kappa shape index (κ1) is 12.6. The minimum absolute atomic E-state index is 0.301. The fourth-order valence-electron chi connectivity index (χ4n) is 3.82. The molecule has 2 saturated carbocycles. The monoisotopic (exact) mass is 246 g/mol. The SMILES string of the molecule is COP(=O)(C[C@H]1[C@H]2CC[C@H](C2)C1(C)C)OC. The van der Waals surface area contributed by atoms with E-state index in [1.54, 1.807) is 0 Å². The Kier molecular flexibility index (Phi) is 3.24. The van der Waals surface area contributed by atoms with Crippen LogP contribution < -0.4 is 0 Å². The lowest BCUT2D eigenvalue weighted by atomic mass is 9.69. The summed E-state index contributed by atoms with van der Waals surface area (Å²) >= 11 is 0. The van der Waals surface area contributed by atoms with Crippen molar-refractivity contribution in [3.05, 3.63) is 0 Å². The highest BCUT2D eigenvalue weighted by molar-refractivity contribution is 7.53. The van der Waals surface area contributed by atoms with Gasteiger partial charge in [0.2, 0.25) is 0 Å². The molecule has 2 bridgehead atoms. The normalized spacial score (nSPS) is 36.9. The Bertz CT molecular complexity index is 305. The van der Waals surface area contributed by atoms with Gasteiger partial charge in [-0.15, -0.1) is 0 Å². The molecule has 0 aromatic carbocycles. The molecule has 0 unspecified atom stereocenters. The summed E-state index contributed by atoms with van der Waals surface area (Å²) in [4.78, 5) is 0. The molecule has 94 valence electrons. The summed E-state index contributed by atoms with van der Waals surface area (Å²) < 4.78 is 22.4. The van der Waals surface area contributed by atoms with Gasteiger partial charge in [0.15, 0.2) is 0 Å². The molecule has 0 aliphatic heterocycles. The maximum Gasteiger partial charge on any atom is 0.330 e. The summed E-state index contributed by atoms with van der Waals surface area (Å²) in [5, 5.41) is 0. The third-order valence-corrected chi connectivity index (χ3v) is 6.98. The van der Waals surface area contributed by atoms with Crippen molar-refractivity contribution in [2.45, 2.75) is 33.1 Å². The fourth-order valence-corrected chi connectivity index (χ4v) is 5.51. The Morgan fingerprint density at radius 1 is 1.25 bits per heavy atom. The van der Waals surface area contributed by atoms with E-state index in [1.807, 2.05) is 0 Å². The Labute approximate surface area is 98.4 Å². The Balaban J connectivity index is 2.13. The van der Waals surface area contributed by atoms with E-state index < -0.39 is 7.60 Å². The maximum atomic E-state index is 12.2. The Morgan fingerprint density at radius 3 is 2.31 bits per heavy atom. The van der Waals surface area contributed by atoms with Crippen LogP contribution in [-0.2, 0) is 13.6 Å². The predicted octanol–water partition coefficient (Wildman–Crippen LogP) is 3.54. The van der Waals surface area contributed by atoms with Crippen molar-refractivity contribution >= 4 is 7.60 Å². The van der Waals surface area contributed by atoms with E-state index >= 15 is 0 Å². The van der Waals surface area contributed by atoms with E-state index in [1.165, 1.54) is 33.5 Å². The van der Waals surface area contributed by atoms with Gasteiger partial charge in [-0.1, -0.05) is 13.8 Å². The Hall–Kier alpha value is 0.150. The van der Waals surface area contributed by atoms with Crippen LogP contribution in [0.5, 0.6) is 0 Å². The van der Waals surface area contributed by atoms with Gasteiger partial charge in [0.1, 0.15) is 0 Å². The first-order valence-corrected chi connectivity index (χ1v) is 7.86. The summed E-state index contributed by atoms with van der Waals surface area (Å²) in [6.07, 6.45) is 4.55. The number of fused-ring (bicyclic) bond motifs is 2. The van der Waals surface area contributed by atoms with Crippen molar-refractivity contribution in [2.24, 2.45) is 23.2 Å². The molecule has 0 spiro atoms. The highest BCUT2D eigenvalue weighted by Crippen LogP contribution is 2.63. The van der Waals surface area contributed by atoms with Gasteiger partial charge in [0.05, 0.1) is 6.16 Å². The van der Waals surface area contributed by atoms with Crippen molar-refractivity contribution in [2.75, 3.05) is 20.4 Å². The van der Waals surface area contributed by atoms with E-state index in [2.05, 4.69) is 13.8 Å². The second-order valence-corrected chi connectivity index (χ2v) is 8.17. The Morgan fingerprint density at radius 2 is 1.88 bits per heavy atom. The first-order chi connectivity index (χ1) is 7.43. The van der Waals surface area contributed by atoms with Crippen LogP contribution in [0, 0.1) is 23.2 Å². The molecule has 3 atom stereocenters. The molecule has 0 saturated heterocycles. The van der Waals surface area contributed by atoms with Crippen molar-refractivity contribution in [1.82, 2.24) is 0 Å². The number of rotatable bonds is 4. The van der Waals surface area contributed by atoms with Crippen molar-refractivity contribution in [1.29, 1.82) is 0 Å². The van der Waals surface area contributed by atoms with Crippen LogP contribution >= 0.6 is 7.60 Å². The summed E-state index contributed by atoms with van der Waals surface area (Å²) in [7, 11) is 0.141. The molecule has 0 aromatic heterocycles. The van der Waals surface area contributed by atoms with Crippen LogP contribution in [0.25, 0.3) is 0 Å². The van der Waals surface area contributed by atoms with Gasteiger partial charge in [-0.3, -0.25) is 4.57 Å². The minimum Gasteiger partial charge on any atom is -0.312 e. The van der Waals surface area contributed by atoms with Crippen LogP contribution in [0.3, 0.4) is 0 Å². The van der Waals surface area contributed by atoms with E-state index in [0.29, 0.717) is 17.5 Å². The standard InChI is InChI=1S/C12H23O3P/c1-12(2)10-6-5-9(7-10)11(12)8-16(13,14-3)15-4/h9-11H,5-8H2,1-4H3/t9-,10+,11-/m0/s1. The maximum absolute atomic E-state index is 12.2. The van der Waals surface area contributed by atoms with Gasteiger partial charge in [0.25, 0.3) is 0 Å². The molecule has 2 rings (SSSR count). The van der Waals surface area contributed by atoms with Gasteiger partial charge in [-0.05, 0) is 42.4 Å². The summed E-state index contributed by atoms with van der Waals surface area (Å²) in [6.45, 7) is 4.63. The molecule has 0 heterocycles. The van der Waals surface area contributed by atoms with Gasteiger partial charge in [0, 0.05) is 14.2 Å². The second-order valence-electron chi connectivity index (χ2n) is 5.86. The largest absolute Gasteiger partial charge is 0.330 e. The molecular weight excluding hydrogens is 223 g/mol. The molecule has 2 fully saturated rings. The average Bonchev–Trinajstić information content (AvgIpc) is 2.81. The molecule has 0 N–H and O–H groups in total. The number of hydrogen-bond donors (Lipinski definition) is 0. The van der Waals surface area contributed by atoms with Gasteiger partial charge in [-0.25, -0.2) is 0 Å². The van der Waals surface area contributed by atoms with E-state index in [9.17, 15) is 4.57 Å². The van der Waals surface area contributed by atoms with Gasteiger partial charge in [-0.2, -0.15) is 0 Å². The van der Waals surface area contributed by atoms with Crippen LogP contribution in [0.1, 0.15) is 33.1 Å². The van der Waals surface area contributed by atoms with Crippen molar-refractivity contribution in [3.63, 3.8) is 0 Å². The lowest BCUT2D eigenvalue weighted by Crippen LogP contribution is -2.33. The molecule has 16 heavy (non-hydrogen) atoms. The molecule has 4 heteroatoms. The first-order valence-electron chi connectivity index (χ1n) is 6.13. The predicted molar refractivity (Wildman–Crippen MR) is 64.6 cm³/mol. The molecule has 2 aliphatic rings. The number of hydrogen-bond acceptors (Lipinski definition) is 3. The molecule has 3 nitrogen and oxygen atoms in total. The zero-order valence-electron chi connectivity index (χ0n) is 10.7. The fraction of sp³-hybridized carbons (Fsp3) is 1.00. The molecule has 0 radical (unpaired) electrons. The molecular formula is C12H23O3P. The smallest absolute Gasteiger partial charge is 0.312 e. The zero-order chi connectivity index (χ0) is 12.0. The zero-order valence-corrected chi connectivity index (χ0v) is 11.6. The molecule has 2 aliphatic carbocycles. The highest BCUT2D eigenvalue weighted by atomic mass is 31.2. The van der Waals surface area contributed by atoms with Crippen LogP contribution in [-0.4, -0.2) is 20.4 Å². The van der Waals surface area contributed by atoms with E-state index in [-0.39, 0.29) is 0 Å². The summed E-state index contributed by atoms with van der Waals surface area (Å²) in [5.41, 5.74) is 0.301. The molecule has 0 amide bonds. The molecule has 0 aromatic rings. The third-order valence-electron chi connectivity index (χ3n) is 5.03. The van der Waals surface area contributed by atoms with E-state index in [4.69, 9.17) is 9.05 Å². The summed E-state index contributed by atoms with van der Waals surface area (Å²) in [6, 6.07) is 0. The lowest BCUT2D eigenvalue weighted by molar-refractivity contribution is 0.131. The summed E-state index contributed by atoms with van der Waals surface area (Å²) in [5.74, 6) is 2.04. The van der Waals surface area contributed by atoms with Gasteiger partial charge < -0.3 is 9.05 Å². The lowest BCUT2D eigenvalue weighted by Gasteiger charge is -2.39. The van der Waals surface area contributed by atoms with Crippen LogP contribution in [0.4, 0.5) is 0 Å². The van der Waals surface area contributed by atoms with Crippen LogP contribution in [0.2, 0.25) is 0 Å². The minimum atomic E-state index is -2.84. The van der Waals surface area contributed by atoms with Crippen LogP contribution in [0.15, 0.2) is 0 Å². The van der Waals surface area contributed by atoms with Crippen molar-refractivity contribution in [3.8, 4) is 0 Å².